The molecule has 1 heterocycles. The van der Waals surface area contributed by atoms with Gasteiger partial charge in [-0.15, -0.1) is 11.3 Å². The Balaban J connectivity index is 2.18. The van der Waals surface area contributed by atoms with E-state index >= 15 is 0 Å². The van der Waals surface area contributed by atoms with Crippen LogP contribution in [0.5, 0.6) is 0 Å². The Labute approximate surface area is 179 Å². The highest BCUT2D eigenvalue weighted by Gasteiger charge is 2.37. The number of halogens is 1. The van der Waals surface area contributed by atoms with Gasteiger partial charge >= 0.3 is 0 Å². The molecule has 2 aromatic rings. The summed E-state index contributed by atoms with van der Waals surface area (Å²) in [5.74, 6) is -1.28. The lowest BCUT2D eigenvalue weighted by Crippen LogP contribution is -2.54. The van der Waals surface area contributed by atoms with Gasteiger partial charge in [0.15, 0.2) is 5.13 Å². The number of amides is 3. The SMILES string of the molecule is CC(C)(C)C(C(N)=O)N(Cc1ccccc1Cl)C(=O)CCC(=O)Nc1nccs1. The second-order valence-electron chi connectivity index (χ2n) is 7.67. The smallest absolute Gasteiger partial charge is 0.240 e. The Hall–Kier alpha value is -2.45. The molecule has 3 N–H and O–H groups in total. The average Bonchev–Trinajstić information content (AvgIpc) is 3.12. The molecular weight excluding hydrogens is 412 g/mol. The lowest BCUT2D eigenvalue weighted by molar-refractivity contribution is -0.144. The Bertz CT molecular complexity index is 865. The van der Waals surface area contributed by atoms with Crippen LogP contribution in [0.1, 0.15) is 39.2 Å². The maximum atomic E-state index is 13.0. The molecular formula is C20H25ClN4O3S. The monoisotopic (exact) mass is 436 g/mol. The first-order chi connectivity index (χ1) is 13.6. The first kappa shape index (κ1) is 22.8. The number of nitrogens with zero attached hydrogens (tertiary/aromatic N) is 2. The highest BCUT2D eigenvalue weighted by Crippen LogP contribution is 2.28. The molecule has 9 heteroatoms. The molecule has 156 valence electrons. The van der Waals surface area contributed by atoms with Crippen LogP contribution in [0.2, 0.25) is 5.02 Å². The first-order valence-electron chi connectivity index (χ1n) is 9.11. The summed E-state index contributed by atoms with van der Waals surface area (Å²) in [7, 11) is 0. The summed E-state index contributed by atoms with van der Waals surface area (Å²) in [6, 6.07) is 6.25. The summed E-state index contributed by atoms with van der Waals surface area (Å²) >= 11 is 7.55. The molecule has 0 aliphatic carbocycles. The molecule has 29 heavy (non-hydrogen) atoms. The number of nitrogens with two attached hydrogens (primary N) is 1. The quantitative estimate of drug-likeness (QED) is 0.661. The molecule has 0 radical (unpaired) electrons. The number of anilines is 1. The van der Waals surface area contributed by atoms with Crippen LogP contribution in [0.3, 0.4) is 0 Å². The topological polar surface area (TPSA) is 105 Å². The molecule has 0 bridgehead atoms. The summed E-state index contributed by atoms with van der Waals surface area (Å²) in [6.45, 7) is 5.64. The lowest BCUT2D eigenvalue weighted by Gasteiger charge is -2.38. The maximum Gasteiger partial charge on any atom is 0.240 e. The number of benzene rings is 1. The average molecular weight is 437 g/mol. The van der Waals surface area contributed by atoms with E-state index in [-0.39, 0.29) is 31.2 Å². The fourth-order valence-electron chi connectivity index (χ4n) is 3.01. The molecule has 0 aliphatic heterocycles. The minimum atomic E-state index is -0.853. The normalized spacial score (nSPS) is 12.3. The van der Waals surface area contributed by atoms with Gasteiger partial charge in [-0.05, 0) is 17.0 Å². The third-order valence-corrected chi connectivity index (χ3v) is 5.32. The van der Waals surface area contributed by atoms with Gasteiger partial charge in [0.2, 0.25) is 17.7 Å². The van der Waals surface area contributed by atoms with Gasteiger partial charge in [0.25, 0.3) is 0 Å². The molecule has 2 rings (SSSR count). The molecule has 1 unspecified atom stereocenters. The number of hydrogen-bond acceptors (Lipinski definition) is 5. The molecule has 1 aromatic heterocycles. The second-order valence-corrected chi connectivity index (χ2v) is 8.97. The lowest BCUT2D eigenvalue weighted by atomic mass is 9.84. The van der Waals surface area contributed by atoms with Crippen LogP contribution in [0, 0.1) is 5.41 Å². The third-order valence-electron chi connectivity index (χ3n) is 4.26. The number of carbonyl (C=O) groups is 3. The van der Waals surface area contributed by atoms with Gasteiger partial charge in [0.05, 0.1) is 0 Å². The predicted molar refractivity (Wildman–Crippen MR) is 114 cm³/mol. The standard InChI is InChI=1S/C20H25ClN4O3S/c1-20(2,3)17(18(22)28)25(12-13-6-4-5-7-14(13)21)16(27)9-8-15(26)24-19-23-10-11-29-19/h4-7,10-11,17H,8-9,12H2,1-3H3,(H2,22,28)(H,23,24,26). The van der Waals surface area contributed by atoms with Gasteiger partial charge in [-0.2, -0.15) is 0 Å². The number of thiazole rings is 1. The largest absolute Gasteiger partial charge is 0.368 e. The fraction of sp³-hybridized carbons (Fsp3) is 0.400. The van der Waals surface area contributed by atoms with Crippen molar-refractivity contribution in [2.45, 2.75) is 46.2 Å². The Morgan fingerprint density at radius 3 is 2.48 bits per heavy atom. The van der Waals surface area contributed by atoms with Gasteiger partial charge in [-0.1, -0.05) is 50.6 Å². The molecule has 0 aliphatic rings. The van der Waals surface area contributed by atoms with E-state index in [9.17, 15) is 14.4 Å². The van der Waals surface area contributed by atoms with E-state index in [0.29, 0.717) is 15.7 Å². The molecule has 0 saturated carbocycles. The van der Waals surface area contributed by atoms with Crippen molar-refractivity contribution in [2.75, 3.05) is 5.32 Å². The van der Waals surface area contributed by atoms with Crippen molar-refractivity contribution in [3.8, 4) is 0 Å². The Morgan fingerprint density at radius 2 is 1.93 bits per heavy atom. The minimum absolute atomic E-state index is 0.0347. The minimum Gasteiger partial charge on any atom is -0.368 e. The number of aromatic nitrogens is 1. The summed E-state index contributed by atoms with van der Waals surface area (Å²) in [5.41, 5.74) is 5.76. The van der Waals surface area contributed by atoms with E-state index in [1.54, 1.807) is 29.8 Å². The number of rotatable bonds is 8. The van der Waals surface area contributed by atoms with Crippen molar-refractivity contribution in [1.29, 1.82) is 0 Å². The first-order valence-corrected chi connectivity index (χ1v) is 10.4. The zero-order valence-corrected chi connectivity index (χ0v) is 18.2. The van der Waals surface area contributed by atoms with Crippen molar-refractivity contribution >= 4 is 45.8 Å². The van der Waals surface area contributed by atoms with Crippen LogP contribution in [0.15, 0.2) is 35.8 Å². The highest BCUT2D eigenvalue weighted by atomic mass is 35.5. The Kier molecular flexibility index (Phi) is 7.75. The van der Waals surface area contributed by atoms with Gasteiger partial charge in [0.1, 0.15) is 6.04 Å². The number of carbonyl (C=O) groups excluding carboxylic acids is 3. The van der Waals surface area contributed by atoms with Gasteiger partial charge in [-0.25, -0.2) is 4.98 Å². The zero-order valence-electron chi connectivity index (χ0n) is 16.6. The highest BCUT2D eigenvalue weighted by molar-refractivity contribution is 7.13. The van der Waals surface area contributed by atoms with E-state index in [1.165, 1.54) is 16.2 Å². The van der Waals surface area contributed by atoms with Crippen molar-refractivity contribution in [2.24, 2.45) is 11.1 Å². The van der Waals surface area contributed by atoms with Crippen LogP contribution < -0.4 is 11.1 Å². The molecule has 0 fully saturated rings. The van der Waals surface area contributed by atoms with Gasteiger partial charge in [0, 0.05) is 36.0 Å². The second kappa shape index (κ2) is 9.84. The van der Waals surface area contributed by atoms with Crippen molar-refractivity contribution in [3.63, 3.8) is 0 Å². The fourth-order valence-corrected chi connectivity index (χ4v) is 3.75. The van der Waals surface area contributed by atoms with Crippen LogP contribution in [0.4, 0.5) is 5.13 Å². The van der Waals surface area contributed by atoms with Crippen molar-refractivity contribution in [3.05, 3.63) is 46.4 Å². The maximum absolute atomic E-state index is 13.0. The van der Waals surface area contributed by atoms with E-state index in [2.05, 4.69) is 10.3 Å². The summed E-state index contributed by atoms with van der Waals surface area (Å²) in [5, 5.41) is 5.35. The van der Waals surface area contributed by atoms with Gasteiger partial charge < -0.3 is 16.0 Å². The molecule has 3 amide bonds. The van der Waals surface area contributed by atoms with Crippen LogP contribution >= 0.6 is 22.9 Å². The van der Waals surface area contributed by atoms with Gasteiger partial charge in [-0.3, -0.25) is 14.4 Å². The molecule has 1 atom stereocenters. The molecule has 0 spiro atoms. The Morgan fingerprint density at radius 1 is 1.24 bits per heavy atom. The molecule has 1 aromatic carbocycles. The van der Waals surface area contributed by atoms with Crippen LogP contribution in [0.25, 0.3) is 0 Å². The van der Waals surface area contributed by atoms with E-state index < -0.39 is 17.4 Å². The third kappa shape index (κ3) is 6.54. The van der Waals surface area contributed by atoms with E-state index in [1.807, 2.05) is 26.8 Å². The number of primary amides is 1. The predicted octanol–water partition coefficient (Wildman–Crippen LogP) is 3.44. The van der Waals surface area contributed by atoms with Crippen LogP contribution in [-0.4, -0.2) is 33.6 Å². The summed E-state index contributed by atoms with van der Waals surface area (Å²) in [4.78, 5) is 42.8. The van der Waals surface area contributed by atoms with Crippen molar-refractivity contribution < 1.29 is 14.4 Å². The molecule has 7 nitrogen and oxygen atoms in total. The van der Waals surface area contributed by atoms with E-state index in [0.717, 1.165) is 0 Å². The molecule has 0 saturated heterocycles. The van der Waals surface area contributed by atoms with Crippen LogP contribution in [-0.2, 0) is 20.9 Å². The number of nitrogens with one attached hydrogen (secondary N) is 1. The number of hydrogen-bond donors (Lipinski definition) is 2. The zero-order chi connectivity index (χ0) is 21.6. The summed E-state index contributed by atoms with van der Waals surface area (Å²) in [6.07, 6.45) is 1.48. The van der Waals surface area contributed by atoms with E-state index in [4.69, 9.17) is 17.3 Å². The summed E-state index contributed by atoms with van der Waals surface area (Å²) < 4.78 is 0. The van der Waals surface area contributed by atoms with Crippen molar-refractivity contribution in [1.82, 2.24) is 9.88 Å².